The molecule has 1 saturated heterocycles. The van der Waals surface area contributed by atoms with Gasteiger partial charge in [-0.15, -0.1) is 0 Å². The quantitative estimate of drug-likeness (QED) is 0.780. The van der Waals surface area contributed by atoms with Gasteiger partial charge in [-0.2, -0.15) is 0 Å². The van der Waals surface area contributed by atoms with Gasteiger partial charge in [-0.1, -0.05) is 28.1 Å². The molecule has 0 unspecified atom stereocenters. The summed E-state index contributed by atoms with van der Waals surface area (Å²) in [4.78, 5) is 14.4. The molecule has 2 aromatic carbocycles. The smallest absolute Gasteiger partial charge is 0.248 e. The molecule has 0 aliphatic carbocycles. The third kappa shape index (κ3) is 4.90. The summed E-state index contributed by atoms with van der Waals surface area (Å²) >= 11 is 3.44. The van der Waals surface area contributed by atoms with Crippen LogP contribution in [0.2, 0.25) is 0 Å². The number of ether oxygens (including phenoxy) is 1. The van der Waals surface area contributed by atoms with Gasteiger partial charge in [0.25, 0.3) is 0 Å². The van der Waals surface area contributed by atoms with E-state index >= 15 is 0 Å². The predicted molar refractivity (Wildman–Crippen MR) is 101 cm³/mol. The van der Waals surface area contributed by atoms with E-state index in [4.69, 9.17) is 4.74 Å². The van der Waals surface area contributed by atoms with Crippen LogP contribution in [0.3, 0.4) is 0 Å². The van der Waals surface area contributed by atoms with Gasteiger partial charge in [0.05, 0.1) is 24.6 Å². The van der Waals surface area contributed by atoms with Crippen molar-refractivity contribution in [2.24, 2.45) is 0 Å². The van der Waals surface area contributed by atoms with Gasteiger partial charge >= 0.3 is 0 Å². The number of rotatable bonds is 4. The topological polar surface area (TPSA) is 41.6 Å². The number of anilines is 2. The summed E-state index contributed by atoms with van der Waals surface area (Å²) in [5.74, 6) is -0.596. The van der Waals surface area contributed by atoms with Crippen LogP contribution in [0.1, 0.15) is 5.56 Å². The van der Waals surface area contributed by atoms with Crippen LogP contribution < -0.4 is 10.2 Å². The molecule has 1 heterocycles. The minimum Gasteiger partial charge on any atom is -0.378 e. The first kappa shape index (κ1) is 17.6. The molecule has 1 fully saturated rings. The molecule has 4 nitrogen and oxygen atoms in total. The fraction of sp³-hybridized carbons (Fsp3) is 0.211. The van der Waals surface area contributed by atoms with Crippen LogP contribution in [-0.4, -0.2) is 32.2 Å². The number of nitrogens with zero attached hydrogens (tertiary/aromatic N) is 1. The predicted octanol–water partition coefficient (Wildman–Crippen LogP) is 4.08. The molecule has 2 aromatic rings. The first-order valence-corrected chi connectivity index (χ1v) is 8.78. The molecular weight excluding hydrogens is 387 g/mol. The van der Waals surface area contributed by atoms with Gasteiger partial charge in [0.2, 0.25) is 5.91 Å². The van der Waals surface area contributed by atoms with Gasteiger partial charge in [0.15, 0.2) is 0 Å². The summed E-state index contributed by atoms with van der Waals surface area (Å²) in [6, 6.07) is 11.9. The first-order valence-electron chi connectivity index (χ1n) is 7.99. The van der Waals surface area contributed by atoms with E-state index < -0.39 is 0 Å². The van der Waals surface area contributed by atoms with E-state index in [2.05, 4.69) is 26.1 Å². The fourth-order valence-electron chi connectivity index (χ4n) is 2.64. The maximum Gasteiger partial charge on any atom is 0.248 e. The Labute approximate surface area is 154 Å². The molecule has 0 bridgehead atoms. The molecule has 0 aromatic heterocycles. The zero-order valence-corrected chi connectivity index (χ0v) is 15.1. The minimum absolute atomic E-state index is 0.267. The number of carbonyl (C=O) groups excluding carboxylic acids is 1. The van der Waals surface area contributed by atoms with Gasteiger partial charge in [-0.25, -0.2) is 4.39 Å². The summed E-state index contributed by atoms with van der Waals surface area (Å²) < 4.78 is 19.5. The number of halogens is 2. The third-order valence-electron chi connectivity index (χ3n) is 3.84. The number of hydrogen-bond acceptors (Lipinski definition) is 3. The Kier molecular flexibility index (Phi) is 5.83. The van der Waals surface area contributed by atoms with Crippen LogP contribution in [0.4, 0.5) is 15.8 Å². The van der Waals surface area contributed by atoms with Crippen molar-refractivity contribution < 1.29 is 13.9 Å². The highest BCUT2D eigenvalue weighted by molar-refractivity contribution is 9.10. The molecule has 130 valence electrons. The summed E-state index contributed by atoms with van der Waals surface area (Å²) in [6.45, 7) is 2.90. The van der Waals surface area contributed by atoms with E-state index in [1.165, 1.54) is 18.2 Å². The van der Waals surface area contributed by atoms with Crippen molar-refractivity contribution in [2.45, 2.75) is 0 Å². The summed E-state index contributed by atoms with van der Waals surface area (Å²) in [5.41, 5.74) is 2.32. The molecule has 0 saturated carbocycles. The van der Waals surface area contributed by atoms with Gasteiger partial charge in [0.1, 0.15) is 5.82 Å². The molecule has 1 aliphatic heterocycles. The fourth-order valence-corrected chi connectivity index (χ4v) is 3.01. The molecule has 3 rings (SSSR count). The number of carbonyl (C=O) groups is 1. The van der Waals surface area contributed by atoms with Crippen LogP contribution in [0, 0.1) is 5.82 Å². The Bertz CT molecular complexity index is 789. The van der Waals surface area contributed by atoms with Gasteiger partial charge in [-0.3, -0.25) is 4.79 Å². The minimum atomic E-state index is -0.329. The summed E-state index contributed by atoms with van der Waals surface area (Å²) in [6.07, 6.45) is 2.99. The van der Waals surface area contributed by atoms with Gasteiger partial charge < -0.3 is 15.0 Å². The normalized spacial score (nSPS) is 14.7. The van der Waals surface area contributed by atoms with Crippen molar-refractivity contribution >= 4 is 39.3 Å². The number of morpholine rings is 1. The van der Waals surface area contributed by atoms with Crippen molar-refractivity contribution in [2.75, 3.05) is 36.5 Å². The number of hydrogen-bond donors (Lipinski definition) is 1. The Hall–Kier alpha value is -2.18. The van der Waals surface area contributed by atoms with Crippen LogP contribution in [0.25, 0.3) is 6.08 Å². The van der Waals surface area contributed by atoms with Gasteiger partial charge in [-0.05, 0) is 42.0 Å². The van der Waals surface area contributed by atoms with E-state index in [0.29, 0.717) is 18.8 Å². The highest BCUT2D eigenvalue weighted by atomic mass is 79.9. The average molecular weight is 405 g/mol. The van der Waals surface area contributed by atoms with Crippen LogP contribution in [0.5, 0.6) is 0 Å². The lowest BCUT2D eigenvalue weighted by atomic mass is 10.2. The van der Waals surface area contributed by atoms with E-state index in [9.17, 15) is 9.18 Å². The molecule has 0 spiro atoms. The number of amides is 1. The molecule has 1 N–H and O–H groups in total. The monoisotopic (exact) mass is 404 g/mol. The third-order valence-corrected chi connectivity index (χ3v) is 4.34. The molecule has 6 heteroatoms. The average Bonchev–Trinajstić information content (AvgIpc) is 2.61. The zero-order valence-electron chi connectivity index (χ0n) is 13.5. The van der Waals surface area contributed by atoms with Gasteiger partial charge in [0, 0.05) is 23.6 Å². The number of nitrogens with one attached hydrogen (secondary N) is 1. The Balaban J connectivity index is 1.75. The molecular formula is C19H18BrFN2O2. The van der Waals surface area contributed by atoms with Crippen molar-refractivity contribution in [1.29, 1.82) is 0 Å². The highest BCUT2D eigenvalue weighted by Gasteiger charge is 2.16. The highest BCUT2D eigenvalue weighted by Crippen LogP contribution is 2.30. The molecule has 0 atom stereocenters. The van der Waals surface area contributed by atoms with E-state index in [-0.39, 0.29) is 11.7 Å². The zero-order chi connectivity index (χ0) is 17.6. The van der Waals surface area contributed by atoms with Crippen molar-refractivity contribution in [3.05, 3.63) is 64.4 Å². The molecule has 25 heavy (non-hydrogen) atoms. The van der Waals surface area contributed by atoms with E-state index in [1.54, 1.807) is 18.2 Å². The van der Waals surface area contributed by atoms with Crippen LogP contribution in [0.15, 0.2) is 53.0 Å². The summed E-state index contributed by atoms with van der Waals surface area (Å²) in [5, 5.41) is 2.90. The number of benzene rings is 2. The van der Waals surface area contributed by atoms with E-state index in [1.807, 2.05) is 18.2 Å². The molecule has 1 aliphatic rings. The van der Waals surface area contributed by atoms with Crippen molar-refractivity contribution in [3.63, 3.8) is 0 Å². The lowest BCUT2D eigenvalue weighted by Crippen LogP contribution is -2.36. The summed E-state index contributed by atoms with van der Waals surface area (Å²) in [7, 11) is 0. The SMILES string of the molecule is O=C(/C=C/c1cccc(F)c1)Nc1cc(Br)ccc1N1CCOCC1. The maximum atomic E-state index is 13.2. The first-order chi connectivity index (χ1) is 12.1. The standard InChI is InChI=1S/C19H18BrFN2O2/c20-15-5-6-18(23-8-10-25-11-9-23)17(13-15)22-19(24)7-4-14-2-1-3-16(21)12-14/h1-7,12-13H,8-11H2,(H,22,24)/b7-4+. The molecule has 1 amide bonds. The molecule has 0 radical (unpaired) electrons. The second kappa shape index (κ2) is 8.27. The second-order valence-electron chi connectivity index (χ2n) is 5.64. The lowest BCUT2D eigenvalue weighted by Gasteiger charge is -2.30. The maximum absolute atomic E-state index is 13.2. The second-order valence-corrected chi connectivity index (χ2v) is 6.55. The Morgan fingerprint density at radius 2 is 2.00 bits per heavy atom. The van der Waals surface area contributed by atoms with Crippen LogP contribution >= 0.6 is 15.9 Å². The van der Waals surface area contributed by atoms with E-state index in [0.717, 1.165) is 28.9 Å². The Morgan fingerprint density at radius 3 is 2.76 bits per heavy atom. The largest absolute Gasteiger partial charge is 0.378 e. The lowest BCUT2D eigenvalue weighted by molar-refractivity contribution is -0.111. The van der Waals surface area contributed by atoms with Crippen molar-refractivity contribution in [3.8, 4) is 0 Å². The van der Waals surface area contributed by atoms with Crippen LogP contribution in [-0.2, 0) is 9.53 Å². The Morgan fingerprint density at radius 1 is 1.20 bits per heavy atom. The van der Waals surface area contributed by atoms with Crippen molar-refractivity contribution in [1.82, 2.24) is 0 Å².